The molecule has 1 aromatic carbocycles. The predicted octanol–water partition coefficient (Wildman–Crippen LogP) is 3.72. The van der Waals surface area contributed by atoms with Crippen LogP contribution in [0.15, 0.2) is 24.4 Å². The Morgan fingerprint density at radius 1 is 1.28 bits per heavy atom. The van der Waals surface area contributed by atoms with Crippen LogP contribution >= 0.6 is 0 Å². The molecule has 3 rings (SSSR count). The molecule has 5 nitrogen and oxygen atoms in total. The van der Waals surface area contributed by atoms with E-state index < -0.39 is 5.91 Å². The highest BCUT2D eigenvalue weighted by Crippen LogP contribution is 2.31. The van der Waals surface area contributed by atoms with Crippen molar-refractivity contribution in [3.8, 4) is 5.75 Å². The van der Waals surface area contributed by atoms with Gasteiger partial charge in [-0.05, 0) is 48.9 Å². The summed E-state index contributed by atoms with van der Waals surface area (Å²) in [5.41, 5.74) is 9.26. The molecule has 0 radical (unpaired) electrons. The van der Waals surface area contributed by atoms with E-state index in [0.717, 1.165) is 35.4 Å². The number of H-pyrrole nitrogens is 1. The van der Waals surface area contributed by atoms with Crippen molar-refractivity contribution in [2.24, 2.45) is 5.73 Å². The molecule has 0 unspecified atom stereocenters. The summed E-state index contributed by atoms with van der Waals surface area (Å²) in [4.78, 5) is 11.6. The van der Waals surface area contributed by atoms with Gasteiger partial charge in [-0.1, -0.05) is 26.8 Å². The minimum absolute atomic E-state index is 0.00846. The number of benzene rings is 1. The van der Waals surface area contributed by atoms with Crippen LogP contribution in [-0.2, 0) is 11.8 Å². The first-order valence-electron chi connectivity index (χ1n) is 8.96. The Labute approximate surface area is 149 Å². The number of hydrogen-bond acceptors (Lipinski definition) is 3. The van der Waals surface area contributed by atoms with Gasteiger partial charge >= 0.3 is 0 Å². The lowest BCUT2D eigenvalue weighted by Gasteiger charge is -2.20. The first-order valence-corrected chi connectivity index (χ1v) is 8.96. The minimum atomic E-state index is -0.429. The summed E-state index contributed by atoms with van der Waals surface area (Å²) in [6, 6.07) is 5.51. The van der Waals surface area contributed by atoms with E-state index in [9.17, 15) is 4.79 Å². The monoisotopic (exact) mass is 341 g/mol. The van der Waals surface area contributed by atoms with E-state index in [1.165, 1.54) is 12.8 Å². The zero-order valence-electron chi connectivity index (χ0n) is 15.3. The van der Waals surface area contributed by atoms with Crippen molar-refractivity contribution < 1.29 is 9.53 Å². The van der Waals surface area contributed by atoms with Gasteiger partial charge in [0, 0.05) is 23.1 Å². The zero-order chi connectivity index (χ0) is 18.0. The summed E-state index contributed by atoms with van der Waals surface area (Å²) in [5, 5.41) is 7.35. The maximum Gasteiger partial charge on any atom is 0.248 e. The standard InChI is InChI=1S/C20H27N3O2/c1-20(2,3)18-15(12-22-23-18)10-13-8-9-14(19(21)24)11-17(13)25-16-6-4-5-7-16/h8-9,11-12,16H,4-7,10H2,1-3H3,(H2,21,24)(H,22,23). The SMILES string of the molecule is CC(C)(C)c1[nH]ncc1Cc1ccc(C(N)=O)cc1OC1CCCC1. The van der Waals surface area contributed by atoms with Gasteiger partial charge in [-0.15, -0.1) is 0 Å². The molecule has 1 aliphatic rings. The number of rotatable bonds is 5. The number of amides is 1. The molecule has 2 aromatic rings. The quantitative estimate of drug-likeness (QED) is 0.869. The number of nitrogens with one attached hydrogen (secondary N) is 1. The number of nitrogens with zero attached hydrogens (tertiary/aromatic N) is 1. The van der Waals surface area contributed by atoms with Crippen molar-refractivity contribution in [2.75, 3.05) is 0 Å². The van der Waals surface area contributed by atoms with Crippen LogP contribution in [0.5, 0.6) is 5.75 Å². The van der Waals surface area contributed by atoms with Gasteiger partial charge in [0.25, 0.3) is 0 Å². The van der Waals surface area contributed by atoms with Crippen LogP contribution in [0.4, 0.5) is 0 Å². The molecule has 0 aliphatic heterocycles. The van der Waals surface area contributed by atoms with E-state index >= 15 is 0 Å². The van der Waals surface area contributed by atoms with Crippen LogP contribution in [0.2, 0.25) is 0 Å². The molecule has 134 valence electrons. The third kappa shape index (κ3) is 4.03. The van der Waals surface area contributed by atoms with Crippen molar-refractivity contribution in [1.82, 2.24) is 10.2 Å². The molecule has 0 bridgehead atoms. The molecule has 1 aliphatic carbocycles. The van der Waals surface area contributed by atoms with Crippen molar-refractivity contribution in [3.05, 3.63) is 46.8 Å². The van der Waals surface area contributed by atoms with Gasteiger partial charge in [0.1, 0.15) is 5.75 Å². The Bertz CT molecular complexity index is 753. The third-order valence-electron chi connectivity index (χ3n) is 4.80. The molecule has 0 spiro atoms. The highest BCUT2D eigenvalue weighted by atomic mass is 16.5. The van der Waals surface area contributed by atoms with Crippen molar-refractivity contribution >= 4 is 5.91 Å². The maximum absolute atomic E-state index is 11.6. The molecular formula is C20H27N3O2. The number of nitrogens with two attached hydrogens (primary N) is 1. The zero-order valence-corrected chi connectivity index (χ0v) is 15.3. The summed E-state index contributed by atoms with van der Waals surface area (Å²) < 4.78 is 6.23. The highest BCUT2D eigenvalue weighted by Gasteiger charge is 2.23. The second kappa shape index (κ2) is 6.90. The largest absolute Gasteiger partial charge is 0.490 e. The molecular weight excluding hydrogens is 314 g/mol. The number of carbonyl (C=O) groups excluding carboxylic acids is 1. The fraction of sp³-hybridized carbons (Fsp3) is 0.500. The fourth-order valence-corrected chi connectivity index (χ4v) is 3.45. The molecule has 1 saturated carbocycles. The summed E-state index contributed by atoms with van der Waals surface area (Å²) in [5.74, 6) is 0.339. The Kier molecular flexibility index (Phi) is 4.84. The van der Waals surface area contributed by atoms with Gasteiger partial charge in [0.15, 0.2) is 0 Å². The van der Waals surface area contributed by atoms with E-state index in [2.05, 4.69) is 31.0 Å². The van der Waals surface area contributed by atoms with E-state index in [-0.39, 0.29) is 11.5 Å². The maximum atomic E-state index is 11.6. The summed E-state index contributed by atoms with van der Waals surface area (Å²) >= 11 is 0. The molecule has 0 saturated heterocycles. The van der Waals surface area contributed by atoms with Crippen LogP contribution < -0.4 is 10.5 Å². The number of ether oxygens (including phenoxy) is 1. The third-order valence-corrected chi connectivity index (χ3v) is 4.80. The fourth-order valence-electron chi connectivity index (χ4n) is 3.45. The average Bonchev–Trinajstić information content (AvgIpc) is 3.19. The second-order valence-electron chi connectivity index (χ2n) is 7.91. The normalized spacial score (nSPS) is 15.5. The van der Waals surface area contributed by atoms with Crippen molar-refractivity contribution in [1.29, 1.82) is 0 Å². The van der Waals surface area contributed by atoms with Crippen molar-refractivity contribution in [3.63, 3.8) is 0 Å². The lowest BCUT2D eigenvalue weighted by molar-refractivity contribution is 0.0999. The molecule has 1 aromatic heterocycles. The Morgan fingerprint density at radius 2 is 2.00 bits per heavy atom. The van der Waals surface area contributed by atoms with Gasteiger partial charge in [-0.25, -0.2) is 0 Å². The van der Waals surface area contributed by atoms with E-state index in [0.29, 0.717) is 12.0 Å². The molecule has 0 atom stereocenters. The Hall–Kier alpha value is -2.30. The molecule has 5 heteroatoms. The second-order valence-corrected chi connectivity index (χ2v) is 7.91. The summed E-state index contributed by atoms with van der Waals surface area (Å²) in [6.07, 6.45) is 7.36. The topological polar surface area (TPSA) is 81.0 Å². The molecule has 1 heterocycles. The predicted molar refractivity (Wildman–Crippen MR) is 97.9 cm³/mol. The van der Waals surface area contributed by atoms with Crippen LogP contribution in [0.3, 0.4) is 0 Å². The first-order chi connectivity index (χ1) is 11.8. The van der Waals surface area contributed by atoms with Gasteiger partial charge in [0.05, 0.1) is 12.3 Å². The molecule has 1 fully saturated rings. The average molecular weight is 341 g/mol. The summed E-state index contributed by atoms with van der Waals surface area (Å²) in [6.45, 7) is 6.49. The van der Waals surface area contributed by atoms with E-state index in [1.54, 1.807) is 12.1 Å². The van der Waals surface area contributed by atoms with Gasteiger partial charge in [-0.3, -0.25) is 9.89 Å². The minimum Gasteiger partial charge on any atom is -0.490 e. The van der Waals surface area contributed by atoms with Crippen LogP contribution in [0.25, 0.3) is 0 Å². The van der Waals surface area contributed by atoms with E-state index in [4.69, 9.17) is 10.5 Å². The van der Waals surface area contributed by atoms with Crippen LogP contribution in [0.1, 0.15) is 73.6 Å². The lowest BCUT2D eigenvalue weighted by Crippen LogP contribution is -2.16. The molecule has 3 N–H and O–H groups in total. The Balaban J connectivity index is 1.92. The van der Waals surface area contributed by atoms with Gasteiger partial charge in [0.2, 0.25) is 5.91 Å². The smallest absolute Gasteiger partial charge is 0.248 e. The number of aromatic amines is 1. The van der Waals surface area contributed by atoms with Gasteiger partial charge in [-0.2, -0.15) is 5.10 Å². The number of primary amides is 1. The molecule has 1 amide bonds. The highest BCUT2D eigenvalue weighted by molar-refractivity contribution is 5.93. The van der Waals surface area contributed by atoms with Crippen molar-refractivity contribution in [2.45, 2.75) is 64.4 Å². The molecule has 25 heavy (non-hydrogen) atoms. The lowest BCUT2D eigenvalue weighted by atomic mass is 9.87. The van der Waals surface area contributed by atoms with Crippen LogP contribution in [-0.4, -0.2) is 22.2 Å². The first kappa shape index (κ1) is 17.5. The number of aromatic nitrogens is 2. The van der Waals surface area contributed by atoms with Gasteiger partial charge < -0.3 is 10.5 Å². The number of hydrogen-bond donors (Lipinski definition) is 2. The summed E-state index contributed by atoms with van der Waals surface area (Å²) in [7, 11) is 0. The Morgan fingerprint density at radius 3 is 2.64 bits per heavy atom. The van der Waals surface area contributed by atoms with E-state index in [1.807, 2.05) is 12.3 Å². The van der Waals surface area contributed by atoms with Crippen LogP contribution in [0, 0.1) is 0 Å². The number of carbonyl (C=O) groups is 1.